The topological polar surface area (TPSA) is 59.7 Å². The monoisotopic (exact) mass is 436 g/mol. The Balaban J connectivity index is 0. The molecule has 0 aliphatic heterocycles. The van der Waals surface area contributed by atoms with Gasteiger partial charge in [-0.05, 0) is 6.42 Å². The third-order valence-corrected chi connectivity index (χ3v) is 2.52. The molecule has 0 aromatic rings. The number of allylic oxidation sites excluding steroid dienone is 8. The predicted octanol–water partition coefficient (Wildman–Crippen LogP) is 2.64. The molecule has 3 aliphatic rings. The average Bonchev–Trinajstić information content (AvgIpc) is 2.92. The molecular formula is C16H9O3Re. The molecule has 4 heteroatoms. The first-order valence-electron chi connectivity index (χ1n) is 5.09. The number of rotatable bonds is 0. The van der Waals surface area contributed by atoms with Crippen LogP contribution in [-0.2, 0) is 34.4 Å². The van der Waals surface area contributed by atoms with Gasteiger partial charge in [-0.3, -0.25) is 0 Å². The van der Waals surface area contributed by atoms with Crippen molar-refractivity contribution in [2.45, 2.75) is 0 Å². The van der Waals surface area contributed by atoms with Gasteiger partial charge < -0.3 is 0 Å². The first kappa shape index (κ1) is 21.1. The van der Waals surface area contributed by atoms with Crippen molar-refractivity contribution in [2.24, 2.45) is 0 Å². The Bertz CT molecular complexity index is 394. The van der Waals surface area contributed by atoms with Gasteiger partial charge in [-0.1, -0.05) is 48.6 Å². The molecule has 98 valence electrons. The molecule has 3 rings (SSSR count). The summed E-state index contributed by atoms with van der Waals surface area (Å²) in [6, 6.07) is 0. The maximum atomic E-state index is 7.50. The van der Waals surface area contributed by atoms with Crippen LogP contribution >= 0.6 is 0 Å². The predicted molar refractivity (Wildman–Crippen MR) is 65.6 cm³/mol. The van der Waals surface area contributed by atoms with Crippen LogP contribution in [-0.4, -0.2) is 0 Å². The summed E-state index contributed by atoms with van der Waals surface area (Å²) in [7, 11) is 0. The summed E-state index contributed by atoms with van der Waals surface area (Å²) in [5.41, 5.74) is 0. The van der Waals surface area contributed by atoms with Gasteiger partial charge in [0.25, 0.3) is 0 Å². The van der Waals surface area contributed by atoms with E-state index < -0.39 is 0 Å². The van der Waals surface area contributed by atoms with Crippen LogP contribution in [0.4, 0.5) is 0 Å². The molecule has 1 fully saturated rings. The van der Waals surface area contributed by atoms with Gasteiger partial charge in [0.15, 0.2) is 0 Å². The first-order chi connectivity index (χ1) is 9.45. The number of hydrogen-bond donors (Lipinski definition) is 0. The minimum Gasteiger partial charge on any atom is -0.0761 e. The molecular weight excluding hydrogens is 426 g/mol. The molecule has 0 saturated heterocycles. The third-order valence-electron chi connectivity index (χ3n) is 2.52. The molecule has 0 spiro atoms. The van der Waals surface area contributed by atoms with Crippen molar-refractivity contribution in [3.63, 3.8) is 0 Å². The Morgan fingerprint density at radius 1 is 0.550 bits per heavy atom. The van der Waals surface area contributed by atoms with Crippen molar-refractivity contribution in [3.05, 3.63) is 98.7 Å². The van der Waals surface area contributed by atoms with Crippen LogP contribution in [0.5, 0.6) is 0 Å². The Hall–Kier alpha value is -1.16. The first-order valence-corrected chi connectivity index (χ1v) is 5.09. The third kappa shape index (κ3) is 5.08. The van der Waals surface area contributed by atoms with E-state index in [4.69, 9.17) is 14.0 Å². The van der Waals surface area contributed by atoms with Crippen LogP contribution in [0.3, 0.4) is 0 Å². The summed E-state index contributed by atoms with van der Waals surface area (Å²) in [5.74, 6) is 5.39. The van der Waals surface area contributed by atoms with E-state index in [0.717, 1.165) is 0 Å². The van der Waals surface area contributed by atoms with Crippen LogP contribution in [0.15, 0.2) is 48.6 Å². The van der Waals surface area contributed by atoms with E-state index in [1.165, 1.54) is 23.7 Å². The zero-order valence-corrected chi connectivity index (χ0v) is 13.0. The second kappa shape index (κ2) is 12.9. The van der Waals surface area contributed by atoms with Gasteiger partial charge >= 0.3 is 33.9 Å². The number of fused-ring (bicyclic) bond motifs is 3. The molecule has 0 N–H and O–H groups in total. The van der Waals surface area contributed by atoms with Crippen molar-refractivity contribution in [2.75, 3.05) is 0 Å². The zero-order chi connectivity index (χ0) is 14.7. The molecule has 0 aromatic heterocycles. The van der Waals surface area contributed by atoms with E-state index in [1.807, 2.05) is 0 Å². The maximum Gasteiger partial charge on any atom is 0.0205 e. The molecule has 0 bridgehead atoms. The van der Waals surface area contributed by atoms with E-state index >= 15 is 0 Å². The summed E-state index contributed by atoms with van der Waals surface area (Å²) in [5, 5.41) is 0. The fourth-order valence-corrected chi connectivity index (χ4v) is 1.90. The molecule has 0 aromatic carbocycles. The number of hydrogen-bond acceptors (Lipinski definition) is 0. The molecule has 20 heavy (non-hydrogen) atoms. The van der Waals surface area contributed by atoms with Crippen LogP contribution in [0.1, 0.15) is 0 Å². The molecule has 0 heterocycles. The van der Waals surface area contributed by atoms with E-state index in [1.54, 1.807) is 0 Å². The Kier molecular flexibility index (Phi) is 13.6. The molecule has 0 atom stereocenters. The Labute approximate surface area is 133 Å². The molecule has 3 aliphatic carbocycles. The van der Waals surface area contributed by atoms with Crippen molar-refractivity contribution >= 4 is 0 Å². The summed E-state index contributed by atoms with van der Waals surface area (Å²) in [6.45, 7) is 13.5. The van der Waals surface area contributed by atoms with E-state index in [0.29, 0.717) is 0 Å². The minimum atomic E-state index is 0. The fourth-order valence-electron chi connectivity index (χ4n) is 1.90. The van der Waals surface area contributed by atoms with Crippen molar-refractivity contribution in [1.29, 1.82) is 0 Å². The fraction of sp³-hybridized carbons (Fsp3) is 0. The average molecular weight is 435 g/mol. The Morgan fingerprint density at radius 2 is 0.850 bits per heavy atom. The zero-order valence-electron chi connectivity index (χ0n) is 10.3. The van der Waals surface area contributed by atoms with Gasteiger partial charge in [0.05, 0.1) is 0 Å². The Morgan fingerprint density at radius 3 is 1.20 bits per heavy atom. The van der Waals surface area contributed by atoms with Crippen LogP contribution in [0.2, 0.25) is 0 Å². The second-order valence-corrected chi connectivity index (χ2v) is 3.32. The largest absolute Gasteiger partial charge is 0.0761 e. The van der Waals surface area contributed by atoms with Gasteiger partial charge in [-0.15, -0.1) is 0 Å². The van der Waals surface area contributed by atoms with Crippen LogP contribution < -0.4 is 0 Å². The normalized spacial score (nSPS) is 18.7. The summed E-state index contributed by atoms with van der Waals surface area (Å²) in [4.78, 5) is 0. The standard InChI is InChI=1S/C13H9.3CO.Re/c1-3-7-12-10(5-1)9-11-6-2-4-8-13(11)12;3*1-2;/h1-9H;;;;. The van der Waals surface area contributed by atoms with Gasteiger partial charge in [0, 0.05) is 44.1 Å². The van der Waals surface area contributed by atoms with Gasteiger partial charge in [0.2, 0.25) is 0 Å². The van der Waals surface area contributed by atoms with Gasteiger partial charge in [-0.2, -0.15) is 0 Å². The van der Waals surface area contributed by atoms with Crippen molar-refractivity contribution < 1.29 is 34.4 Å². The van der Waals surface area contributed by atoms with Gasteiger partial charge in [-0.25, -0.2) is 0 Å². The van der Waals surface area contributed by atoms with Crippen LogP contribution in [0.25, 0.3) is 0 Å². The molecule has 0 unspecified atom stereocenters. The minimum absolute atomic E-state index is 0. The van der Waals surface area contributed by atoms with E-state index in [9.17, 15) is 0 Å². The van der Waals surface area contributed by atoms with Gasteiger partial charge in [0.1, 0.15) is 0 Å². The molecule has 0 amide bonds. The molecule has 3 nitrogen and oxygen atoms in total. The van der Waals surface area contributed by atoms with Crippen molar-refractivity contribution in [1.82, 2.24) is 0 Å². The SMILES string of the molecule is [C-]#[O+].[C-]#[O+].[C-]#[O+].[CH]1[C]2C=CC=C[C]2[C]2C=CC=C[C]12.[Re]. The smallest absolute Gasteiger partial charge is 0.0205 e. The summed E-state index contributed by atoms with van der Waals surface area (Å²) < 4.78 is 22.5. The van der Waals surface area contributed by atoms with Crippen molar-refractivity contribution in [3.8, 4) is 0 Å². The summed E-state index contributed by atoms with van der Waals surface area (Å²) >= 11 is 0. The molecule has 1 saturated carbocycles. The quantitative estimate of drug-likeness (QED) is 0.415. The van der Waals surface area contributed by atoms with E-state index in [2.05, 4.69) is 75.0 Å². The van der Waals surface area contributed by atoms with Crippen LogP contribution in [0, 0.1) is 50.0 Å². The van der Waals surface area contributed by atoms with E-state index in [-0.39, 0.29) is 20.4 Å². The summed E-state index contributed by atoms with van der Waals surface area (Å²) in [6.07, 6.45) is 19.3. The maximum absolute atomic E-state index is 7.50. The molecule has 6 radical (unpaired) electrons. The second-order valence-electron chi connectivity index (χ2n) is 3.32.